The molecule has 25 heavy (non-hydrogen) atoms. The van der Waals surface area contributed by atoms with E-state index in [-0.39, 0.29) is 6.61 Å². The summed E-state index contributed by atoms with van der Waals surface area (Å²) in [4.78, 5) is 4.62. The lowest BCUT2D eigenvalue weighted by atomic mass is 10.1. The summed E-state index contributed by atoms with van der Waals surface area (Å²) >= 11 is 1.70. The maximum absolute atomic E-state index is 9.79. The minimum absolute atomic E-state index is 0.0622. The summed E-state index contributed by atoms with van der Waals surface area (Å²) < 4.78 is 2.13. The maximum atomic E-state index is 9.79. The predicted molar refractivity (Wildman–Crippen MR) is 104 cm³/mol. The van der Waals surface area contributed by atoms with Gasteiger partial charge in [0.2, 0.25) is 0 Å². The number of aliphatic hydroxyl groups is 1. The zero-order valence-electron chi connectivity index (χ0n) is 14.4. The van der Waals surface area contributed by atoms with Gasteiger partial charge in [0.1, 0.15) is 12.4 Å². The quantitative estimate of drug-likeness (QED) is 0.568. The van der Waals surface area contributed by atoms with Crippen molar-refractivity contribution in [2.24, 2.45) is 0 Å². The van der Waals surface area contributed by atoms with Crippen LogP contribution >= 0.6 is 11.3 Å². The fraction of sp³-hybridized carbons (Fsp3) is 0.190. The third-order valence-corrected chi connectivity index (χ3v) is 5.34. The molecule has 0 fully saturated rings. The van der Waals surface area contributed by atoms with Crippen LogP contribution in [0.25, 0.3) is 22.2 Å². The van der Waals surface area contributed by atoms with Gasteiger partial charge in [-0.25, -0.2) is 4.98 Å². The number of nitrogens with zero attached hydrogens (tertiary/aromatic N) is 2. The number of benzene rings is 2. The first kappa shape index (κ1) is 16.1. The number of thiophene rings is 1. The number of hydrogen-bond acceptors (Lipinski definition) is 3. The largest absolute Gasteiger partial charge is 0.388 e. The van der Waals surface area contributed by atoms with Gasteiger partial charge < -0.3 is 9.67 Å². The molecule has 0 atom stereocenters. The van der Waals surface area contributed by atoms with Crippen molar-refractivity contribution in [1.29, 1.82) is 0 Å². The molecule has 0 saturated carbocycles. The molecule has 0 amide bonds. The number of aliphatic hydroxyl groups excluding tert-OH is 1. The molecule has 0 saturated heterocycles. The Balaban J connectivity index is 1.86. The monoisotopic (exact) mass is 348 g/mol. The topological polar surface area (TPSA) is 38.0 Å². The Hall–Kier alpha value is -2.43. The van der Waals surface area contributed by atoms with Crippen LogP contribution in [-0.2, 0) is 13.2 Å². The first-order valence-electron chi connectivity index (χ1n) is 8.34. The predicted octanol–water partition coefficient (Wildman–Crippen LogP) is 4.92. The highest BCUT2D eigenvalue weighted by atomic mass is 32.1. The van der Waals surface area contributed by atoms with Gasteiger partial charge in [-0.15, -0.1) is 0 Å². The van der Waals surface area contributed by atoms with Gasteiger partial charge in [0.15, 0.2) is 0 Å². The molecule has 1 N–H and O–H groups in total. The van der Waals surface area contributed by atoms with Crippen molar-refractivity contribution in [3.63, 3.8) is 0 Å². The van der Waals surface area contributed by atoms with Crippen molar-refractivity contribution in [2.75, 3.05) is 0 Å². The molecule has 0 spiro atoms. The zero-order chi connectivity index (χ0) is 17.4. The fourth-order valence-corrected chi connectivity index (χ4v) is 3.88. The van der Waals surface area contributed by atoms with E-state index in [2.05, 4.69) is 70.6 Å². The SMILES string of the molecule is Cc1ccc(C)c(Cn2c(CO)nc3ccc(-c4ccsc4)cc32)c1. The van der Waals surface area contributed by atoms with Crippen LogP contribution in [0.4, 0.5) is 0 Å². The van der Waals surface area contributed by atoms with Gasteiger partial charge in [-0.1, -0.05) is 29.8 Å². The van der Waals surface area contributed by atoms with E-state index in [1.807, 2.05) is 6.07 Å². The minimum Gasteiger partial charge on any atom is -0.388 e. The van der Waals surface area contributed by atoms with Gasteiger partial charge >= 0.3 is 0 Å². The summed E-state index contributed by atoms with van der Waals surface area (Å²) in [6, 6.07) is 14.9. The number of aromatic nitrogens is 2. The second kappa shape index (κ2) is 6.47. The lowest BCUT2D eigenvalue weighted by Gasteiger charge is -2.12. The molecular formula is C21H20N2OS. The molecule has 0 aliphatic carbocycles. The van der Waals surface area contributed by atoms with Crippen LogP contribution < -0.4 is 0 Å². The highest BCUT2D eigenvalue weighted by molar-refractivity contribution is 7.08. The van der Waals surface area contributed by atoms with E-state index in [4.69, 9.17) is 0 Å². The van der Waals surface area contributed by atoms with E-state index in [0.717, 1.165) is 11.0 Å². The van der Waals surface area contributed by atoms with Crippen LogP contribution in [0.15, 0.2) is 53.2 Å². The third kappa shape index (κ3) is 2.99. The van der Waals surface area contributed by atoms with E-state index in [1.54, 1.807) is 11.3 Å². The minimum atomic E-state index is -0.0622. The molecule has 2 heterocycles. The van der Waals surface area contributed by atoms with E-state index >= 15 is 0 Å². The first-order chi connectivity index (χ1) is 12.2. The normalized spacial score (nSPS) is 11.3. The Morgan fingerprint density at radius 2 is 1.92 bits per heavy atom. The Morgan fingerprint density at radius 3 is 2.68 bits per heavy atom. The van der Waals surface area contributed by atoms with Crippen LogP contribution in [0.1, 0.15) is 22.5 Å². The molecule has 0 radical (unpaired) electrons. The van der Waals surface area contributed by atoms with Gasteiger partial charge in [-0.3, -0.25) is 0 Å². The van der Waals surface area contributed by atoms with Gasteiger partial charge in [0.25, 0.3) is 0 Å². The number of rotatable bonds is 4. The molecular weight excluding hydrogens is 328 g/mol. The van der Waals surface area contributed by atoms with E-state index in [1.165, 1.54) is 27.8 Å². The van der Waals surface area contributed by atoms with Crippen molar-refractivity contribution in [2.45, 2.75) is 27.0 Å². The number of aryl methyl sites for hydroxylation is 2. The summed E-state index contributed by atoms with van der Waals surface area (Å²) in [6.45, 7) is 4.89. The number of hydrogen-bond donors (Lipinski definition) is 1. The van der Waals surface area contributed by atoms with Crippen LogP contribution in [-0.4, -0.2) is 14.7 Å². The molecule has 126 valence electrons. The lowest BCUT2D eigenvalue weighted by molar-refractivity contribution is 0.267. The summed E-state index contributed by atoms with van der Waals surface area (Å²) in [5, 5.41) is 14.0. The lowest BCUT2D eigenvalue weighted by Crippen LogP contribution is -2.06. The second-order valence-electron chi connectivity index (χ2n) is 6.42. The van der Waals surface area contributed by atoms with Gasteiger partial charge in [-0.2, -0.15) is 11.3 Å². The molecule has 2 aromatic heterocycles. The van der Waals surface area contributed by atoms with Crippen molar-refractivity contribution in [3.8, 4) is 11.1 Å². The molecule has 4 aromatic rings. The van der Waals surface area contributed by atoms with Crippen molar-refractivity contribution in [1.82, 2.24) is 9.55 Å². The standard InChI is InChI=1S/C21H20N2OS/c1-14-3-4-15(2)18(9-14)11-23-20-10-16(17-7-8-25-13-17)5-6-19(20)22-21(23)12-24/h3-10,13,24H,11-12H2,1-2H3. The second-order valence-corrected chi connectivity index (χ2v) is 7.20. The smallest absolute Gasteiger partial charge is 0.136 e. The average Bonchev–Trinajstić information content (AvgIpc) is 3.26. The van der Waals surface area contributed by atoms with Gasteiger partial charge in [0.05, 0.1) is 11.0 Å². The highest BCUT2D eigenvalue weighted by Gasteiger charge is 2.13. The molecule has 0 aliphatic heterocycles. The average molecular weight is 348 g/mol. The zero-order valence-corrected chi connectivity index (χ0v) is 15.2. The molecule has 3 nitrogen and oxygen atoms in total. The summed E-state index contributed by atoms with van der Waals surface area (Å²) in [5.74, 6) is 0.707. The van der Waals surface area contributed by atoms with Gasteiger partial charge in [0, 0.05) is 6.54 Å². The Labute approximate surface area is 151 Å². The van der Waals surface area contributed by atoms with E-state index in [0.29, 0.717) is 12.4 Å². The van der Waals surface area contributed by atoms with Crippen LogP contribution in [0, 0.1) is 13.8 Å². The molecule has 0 aliphatic rings. The Kier molecular flexibility index (Phi) is 4.15. The summed E-state index contributed by atoms with van der Waals surface area (Å²) in [7, 11) is 0. The number of imidazole rings is 1. The molecule has 0 bridgehead atoms. The van der Waals surface area contributed by atoms with Crippen molar-refractivity contribution < 1.29 is 5.11 Å². The number of fused-ring (bicyclic) bond motifs is 1. The van der Waals surface area contributed by atoms with E-state index < -0.39 is 0 Å². The fourth-order valence-electron chi connectivity index (χ4n) is 3.22. The Bertz CT molecular complexity index is 1030. The van der Waals surface area contributed by atoms with Crippen LogP contribution in [0.3, 0.4) is 0 Å². The van der Waals surface area contributed by atoms with Crippen LogP contribution in [0.5, 0.6) is 0 Å². The molecule has 0 unspecified atom stereocenters. The third-order valence-electron chi connectivity index (χ3n) is 4.66. The highest BCUT2D eigenvalue weighted by Crippen LogP contribution is 2.28. The van der Waals surface area contributed by atoms with Crippen molar-refractivity contribution >= 4 is 22.4 Å². The first-order valence-corrected chi connectivity index (χ1v) is 9.28. The molecule has 4 rings (SSSR count). The van der Waals surface area contributed by atoms with Crippen LogP contribution in [0.2, 0.25) is 0 Å². The van der Waals surface area contributed by atoms with Gasteiger partial charge in [-0.05, 0) is 65.1 Å². The van der Waals surface area contributed by atoms with Crippen molar-refractivity contribution in [3.05, 3.63) is 75.7 Å². The molecule has 4 heteroatoms. The maximum Gasteiger partial charge on any atom is 0.136 e. The van der Waals surface area contributed by atoms with E-state index in [9.17, 15) is 5.11 Å². The summed E-state index contributed by atoms with van der Waals surface area (Å²) in [6.07, 6.45) is 0. The Morgan fingerprint density at radius 1 is 1.04 bits per heavy atom. The molecule has 2 aromatic carbocycles. The summed E-state index contributed by atoms with van der Waals surface area (Å²) in [5.41, 5.74) is 8.15.